The van der Waals surface area contributed by atoms with Crippen molar-refractivity contribution in [3.05, 3.63) is 0 Å². The maximum absolute atomic E-state index is 11.8. The summed E-state index contributed by atoms with van der Waals surface area (Å²) in [6.07, 6.45) is 1.21. The molecule has 76 valence electrons. The number of rotatable bonds is 2. The zero-order valence-electron chi connectivity index (χ0n) is 8.32. The average Bonchev–Trinajstić information content (AvgIpc) is 2.62. The first-order valence-electron chi connectivity index (χ1n) is 5.11. The minimum absolute atomic E-state index is 0.512. The molecule has 13 heavy (non-hydrogen) atoms. The lowest BCUT2D eigenvalue weighted by Gasteiger charge is -2.24. The molecule has 2 fully saturated rings. The second kappa shape index (κ2) is 3.67. The van der Waals surface area contributed by atoms with Crippen LogP contribution in [-0.4, -0.2) is 39.4 Å². The van der Waals surface area contributed by atoms with Crippen LogP contribution in [0.2, 0.25) is 0 Å². The Morgan fingerprint density at radius 1 is 1.54 bits per heavy atom. The molecule has 2 rings (SSSR count). The molecule has 2 heterocycles. The third-order valence-electron chi connectivity index (χ3n) is 3.19. The highest BCUT2D eigenvalue weighted by Crippen LogP contribution is 2.33. The molecule has 0 aromatic heterocycles. The summed E-state index contributed by atoms with van der Waals surface area (Å²) < 4.78 is 14.0. The summed E-state index contributed by atoms with van der Waals surface area (Å²) in [6.45, 7) is 6.34. The van der Waals surface area contributed by atoms with E-state index in [1.54, 1.807) is 0 Å². The largest absolute Gasteiger partial charge is 0.315 e. The normalized spacial score (nSPS) is 42.2. The SMILES string of the molecule is CCS(=O)N1C(C)CC2CNCC21. The van der Waals surface area contributed by atoms with E-state index in [4.69, 9.17) is 0 Å². The van der Waals surface area contributed by atoms with Crippen molar-refractivity contribution >= 4 is 11.0 Å². The van der Waals surface area contributed by atoms with E-state index in [-0.39, 0.29) is 0 Å². The van der Waals surface area contributed by atoms with Crippen molar-refractivity contribution in [2.75, 3.05) is 18.8 Å². The van der Waals surface area contributed by atoms with E-state index in [1.807, 2.05) is 6.92 Å². The molecule has 2 saturated heterocycles. The van der Waals surface area contributed by atoms with Crippen LogP contribution in [0.1, 0.15) is 20.3 Å². The molecule has 0 amide bonds. The molecule has 3 nitrogen and oxygen atoms in total. The highest BCUT2D eigenvalue weighted by atomic mass is 32.2. The van der Waals surface area contributed by atoms with Gasteiger partial charge in [0.25, 0.3) is 0 Å². The third-order valence-corrected chi connectivity index (χ3v) is 4.79. The van der Waals surface area contributed by atoms with E-state index in [0.717, 1.165) is 24.8 Å². The van der Waals surface area contributed by atoms with E-state index in [2.05, 4.69) is 16.5 Å². The molecule has 4 unspecified atom stereocenters. The van der Waals surface area contributed by atoms with Gasteiger partial charge in [0.15, 0.2) is 0 Å². The molecule has 4 heteroatoms. The number of hydrogen-bond donors (Lipinski definition) is 1. The van der Waals surface area contributed by atoms with Crippen molar-refractivity contribution in [1.29, 1.82) is 0 Å². The number of nitrogens with zero attached hydrogens (tertiary/aromatic N) is 1. The summed E-state index contributed by atoms with van der Waals surface area (Å²) in [5.41, 5.74) is 0. The molecule has 1 N–H and O–H groups in total. The third kappa shape index (κ3) is 1.55. The van der Waals surface area contributed by atoms with Gasteiger partial charge in [-0.3, -0.25) is 0 Å². The van der Waals surface area contributed by atoms with Gasteiger partial charge in [-0.25, -0.2) is 8.51 Å². The molecular weight excluding hydrogens is 184 g/mol. The van der Waals surface area contributed by atoms with Gasteiger partial charge in [-0.1, -0.05) is 6.92 Å². The Bertz CT molecular complexity index is 222. The van der Waals surface area contributed by atoms with Crippen molar-refractivity contribution < 1.29 is 4.21 Å². The molecule has 4 atom stereocenters. The Morgan fingerprint density at radius 2 is 2.31 bits per heavy atom. The van der Waals surface area contributed by atoms with Crippen LogP contribution >= 0.6 is 0 Å². The Morgan fingerprint density at radius 3 is 3.00 bits per heavy atom. The van der Waals surface area contributed by atoms with Gasteiger partial charge >= 0.3 is 0 Å². The highest BCUT2D eigenvalue weighted by Gasteiger charge is 2.43. The minimum Gasteiger partial charge on any atom is -0.315 e. The van der Waals surface area contributed by atoms with Gasteiger partial charge in [-0.05, 0) is 25.8 Å². The minimum atomic E-state index is -0.750. The van der Waals surface area contributed by atoms with Crippen molar-refractivity contribution in [1.82, 2.24) is 9.62 Å². The summed E-state index contributed by atoms with van der Waals surface area (Å²) in [5, 5.41) is 3.38. The monoisotopic (exact) mass is 202 g/mol. The highest BCUT2D eigenvalue weighted by molar-refractivity contribution is 7.82. The average molecular weight is 202 g/mol. The second-order valence-corrected chi connectivity index (χ2v) is 5.68. The second-order valence-electron chi connectivity index (χ2n) is 4.04. The predicted molar refractivity (Wildman–Crippen MR) is 54.7 cm³/mol. The van der Waals surface area contributed by atoms with E-state index in [1.165, 1.54) is 6.42 Å². The summed E-state index contributed by atoms with van der Waals surface area (Å²) in [7, 11) is -0.750. The maximum Gasteiger partial charge on any atom is 0.0945 e. The van der Waals surface area contributed by atoms with Gasteiger partial charge in [0.05, 0.1) is 11.0 Å². The molecule has 0 bridgehead atoms. The van der Waals surface area contributed by atoms with Gasteiger partial charge in [-0.2, -0.15) is 0 Å². The van der Waals surface area contributed by atoms with Gasteiger partial charge in [0.1, 0.15) is 0 Å². The fraction of sp³-hybridized carbons (Fsp3) is 1.00. The maximum atomic E-state index is 11.8. The lowest BCUT2D eigenvalue weighted by Crippen LogP contribution is -2.40. The summed E-state index contributed by atoms with van der Waals surface area (Å²) in [5.74, 6) is 1.50. The Labute approximate surface area is 82.5 Å². The molecule has 0 spiro atoms. The standard InChI is InChI=1S/C9H18N2OS/c1-3-13(12)11-7(2)4-8-5-10-6-9(8)11/h7-10H,3-6H2,1-2H3. The molecular formula is C9H18N2OS. The van der Waals surface area contributed by atoms with Crippen LogP contribution in [0.4, 0.5) is 0 Å². The van der Waals surface area contributed by atoms with Crippen molar-refractivity contribution in [2.24, 2.45) is 5.92 Å². The lowest BCUT2D eigenvalue weighted by molar-refractivity contribution is 0.357. The summed E-state index contributed by atoms with van der Waals surface area (Å²) in [4.78, 5) is 0. The molecule has 0 aromatic carbocycles. The topological polar surface area (TPSA) is 32.3 Å². The first-order chi connectivity index (χ1) is 6.24. The van der Waals surface area contributed by atoms with E-state index in [0.29, 0.717) is 12.1 Å². The van der Waals surface area contributed by atoms with Crippen molar-refractivity contribution in [3.63, 3.8) is 0 Å². The van der Waals surface area contributed by atoms with Crippen LogP contribution in [0, 0.1) is 5.92 Å². The lowest BCUT2D eigenvalue weighted by atomic mass is 10.0. The summed E-state index contributed by atoms with van der Waals surface area (Å²) >= 11 is 0. The fourth-order valence-electron chi connectivity index (χ4n) is 2.63. The van der Waals surface area contributed by atoms with Gasteiger partial charge in [0.2, 0.25) is 0 Å². The van der Waals surface area contributed by atoms with Gasteiger partial charge < -0.3 is 5.32 Å². The first-order valence-corrected chi connectivity index (χ1v) is 6.39. The fourth-order valence-corrected chi connectivity index (χ4v) is 3.96. The van der Waals surface area contributed by atoms with Crippen LogP contribution in [0.15, 0.2) is 0 Å². The molecule has 2 aliphatic rings. The molecule has 0 saturated carbocycles. The van der Waals surface area contributed by atoms with Crippen LogP contribution in [-0.2, 0) is 11.0 Å². The number of fused-ring (bicyclic) bond motifs is 1. The molecule has 0 aliphatic carbocycles. The van der Waals surface area contributed by atoms with E-state index < -0.39 is 11.0 Å². The Balaban J connectivity index is 2.12. The zero-order valence-corrected chi connectivity index (χ0v) is 9.14. The van der Waals surface area contributed by atoms with Crippen LogP contribution in [0.25, 0.3) is 0 Å². The molecule has 0 aromatic rings. The first kappa shape index (κ1) is 9.62. The van der Waals surface area contributed by atoms with E-state index >= 15 is 0 Å². The van der Waals surface area contributed by atoms with Crippen LogP contribution in [0.3, 0.4) is 0 Å². The molecule has 2 aliphatic heterocycles. The van der Waals surface area contributed by atoms with Crippen LogP contribution in [0.5, 0.6) is 0 Å². The smallest absolute Gasteiger partial charge is 0.0945 e. The molecule has 0 radical (unpaired) electrons. The van der Waals surface area contributed by atoms with Crippen molar-refractivity contribution in [2.45, 2.75) is 32.4 Å². The zero-order chi connectivity index (χ0) is 9.42. The van der Waals surface area contributed by atoms with Crippen molar-refractivity contribution in [3.8, 4) is 0 Å². The Hall–Kier alpha value is 0.0700. The quantitative estimate of drug-likeness (QED) is 0.701. The Kier molecular flexibility index (Phi) is 2.72. The van der Waals surface area contributed by atoms with Gasteiger partial charge in [0, 0.05) is 24.4 Å². The van der Waals surface area contributed by atoms with E-state index in [9.17, 15) is 4.21 Å². The number of hydrogen-bond acceptors (Lipinski definition) is 2. The summed E-state index contributed by atoms with van der Waals surface area (Å²) in [6, 6.07) is 1.05. The van der Waals surface area contributed by atoms with Gasteiger partial charge in [-0.15, -0.1) is 0 Å². The predicted octanol–water partition coefficient (Wildman–Crippen LogP) is 0.352. The number of nitrogens with one attached hydrogen (secondary N) is 1. The van der Waals surface area contributed by atoms with Crippen LogP contribution < -0.4 is 5.32 Å².